The first-order valence-corrected chi connectivity index (χ1v) is 7.89. The number of benzene rings is 1. The molecule has 1 aromatic heterocycles. The molecule has 0 saturated carbocycles. The molecule has 132 valence electrons. The van der Waals surface area contributed by atoms with E-state index in [1.807, 2.05) is 19.1 Å². The summed E-state index contributed by atoms with van der Waals surface area (Å²) in [6.45, 7) is 2.03. The second kappa shape index (κ2) is 8.77. The zero-order valence-corrected chi connectivity index (χ0v) is 14.2. The van der Waals surface area contributed by atoms with Gasteiger partial charge in [-0.15, -0.1) is 0 Å². The average molecular weight is 344 g/mol. The summed E-state index contributed by atoms with van der Waals surface area (Å²) >= 11 is 0. The summed E-state index contributed by atoms with van der Waals surface area (Å²) in [7, 11) is 1.68. The van der Waals surface area contributed by atoms with Crippen LogP contribution >= 0.6 is 0 Å². The van der Waals surface area contributed by atoms with Gasteiger partial charge in [0.2, 0.25) is 5.91 Å². The van der Waals surface area contributed by atoms with E-state index in [1.165, 1.54) is 12.1 Å². The number of halogens is 1. The maximum Gasteiger partial charge on any atom is 0.315 e. The highest BCUT2D eigenvalue weighted by atomic mass is 19.1. The largest absolute Gasteiger partial charge is 0.337 e. The first kappa shape index (κ1) is 18.4. The smallest absolute Gasteiger partial charge is 0.315 e. The van der Waals surface area contributed by atoms with Gasteiger partial charge in [0.25, 0.3) is 0 Å². The monoisotopic (exact) mass is 344 g/mol. The molecule has 0 aliphatic rings. The highest BCUT2D eigenvalue weighted by Crippen LogP contribution is 2.16. The Balaban J connectivity index is 1.76. The summed E-state index contributed by atoms with van der Waals surface area (Å²) in [5, 5.41) is 5.14. The number of carbonyl (C=O) groups is 2. The Hall–Kier alpha value is -2.96. The van der Waals surface area contributed by atoms with E-state index in [0.29, 0.717) is 0 Å². The predicted octanol–water partition coefficient (Wildman–Crippen LogP) is 2.24. The highest BCUT2D eigenvalue weighted by molar-refractivity contribution is 5.84. The summed E-state index contributed by atoms with van der Waals surface area (Å²) in [6.07, 6.45) is 3.38. The summed E-state index contributed by atoms with van der Waals surface area (Å²) < 4.78 is 12.8. The van der Waals surface area contributed by atoms with Crippen molar-refractivity contribution in [2.24, 2.45) is 0 Å². The number of nitrogens with zero attached hydrogens (tertiary/aromatic N) is 2. The van der Waals surface area contributed by atoms with Gasteiger partial charge < -0.3 is 15.5 Å². The molecule has 25 heavy (non-hydrogen) atoms. The van der Waals surface area contributed by atoms with Crippen LogP contribution in [0.4, 0.5) is 9.18 Å². The number of aromatic nitrogens is 1. The molecule has 0 saturated heterocycles. The number of likely N-dealkylation sites (N-methyl/N-ethyl adjacent to an activating group) is 1. The van der Waals surface area contributed by atoms with Crippen LogP contribution in [0.3, 0.4) is 0 Å². The van der Waals surface area contributed by atoms with Crippen molar-refractivity contribution in [2.75, 3.05) is 13.6 Å². The molecule has 0 aliphatic carbocycles. The Bertz CT molecular complexity index is 707. The third-order valence-corrected chi connectivity index (χ3v) is 3.91. The highest BCUT2D eigenvalue weighted by Gasteiger charge is 2.17. The number of carbonyl (C=O) groups excluding carboxylic acids is 2. The van der Waals surface area contributed by atoms with Gasteiger partial charge in [-0.1, -0.05) is 18.2 Å². The Kier molecular flexibility index (Phi) is 6.45. The van der Waals surface area contributed by atoms with E-state index < -0.39 is 6.03 Å². The minimum Gasteiger partial charge on any atom is -0.337 e. The van der Waals surface area contributed by atoms with Crippen molar-refractivity contribution in [3.63, 3.8) is 0 Å². The number of hydrogen-bond donors (Lipinski definition) is 2. The SMILES string of the molecule is CC(c1cccnc1)N(C)C(=O)CNC(=O)NCc1ccc(F)cc1. The third-order valence-electron chi connectivity index (χ3n) is 3.91. The molecule has 2 rings (SSSR count). The molecule has 6 nitrogen and oxygen atoms in total. The van der Waals surface area contributed by atoms with Gasteiger partial charge in [-0.3, -0.25) is 9.78 Å². The summed E-state index contributed by atoms with van der Waals surface area (Å²) in [6, 6.07) is 8.93. The third kappa shape index (κ3) is 5.56. The predicted molar refractivity (Wildman–Crippen MR) is 92.1 cm³/mol. The molecule has 2 aromatic rings. The lowest BCUT2D eigenvalue weighted by atomic mass is 10.1. The first-order valence-electron chi connectivity index (χ1n) is 7.89. The Morgan fingerprint density at radius 1 is 1.20 bits per heavy atom. The normalized spacial score (nSPS) is 11.5. The van der Waals surface area contributed by atoms with Gasteiger partial charge in [-0.25, -0.2) is 9.18 Å². The van der Waals surface area contributed by atoms with Crippen LogP contribution < -0.4 is 10.6 Å². The van der Waals surface area contributed by atoms with Crippen LogP contribution in [0.5, 0.6) is 0 Å². The molecular formula is C18H21FN4O2. The van der Waals surface area contributed by atoms with Gasteiger partial charge in [-0.05, 0) is 36.2 Å². The lowest BCUT2D eigenvalue weighted by Gasteiger charge is -2.25. The zero-order chi connectivity index (χ0) is 18.2. The molecule has 1 atom stereocenters. The first-order chi connectivity index (χ1) is 12.0. The zero-order valence-electron chi connectivity index (χ0n) is 14.2. The molecule has 1 unspecified atom stereocenters. The van der Waals surface area contributed by atoms with Gasteiger partial charge in [0.15, 0.2) is 0 Å². The number of pyridine rings is 1. The van der Waals surface area contributed by atoms with Crippen molar-refractivity contribution < 1.29 is 14.0 Å². The van der Waals surface area contributed by atoms with Crippen LogP contribution in [0.2, 0.25) is 0 Å². The molecule has 7 heteroatoms. The fraction of sp³-hybridized carbons (Fsp3) is 0.278. The standard InChI is InChI=1S/C18H21FN4O2/c1-13(15-4-3-9-20-11-15)23(2)17(24)12-22-18(25)21-10-14-5-7-16(19)8-6-14/h3-9,11,13H,10,12H2,1-2H3,(H2,21,22,25). The average Bonchev–Trinajstić information content (AvgIpc) is 2.65. The minimum absolute atomic E-state index is 0.115. The quantitative estimate of drug-likeness (QED) is 0.844. The molecule has 0 aliphatic heterocycles. The Morgan fingerprint density at radius 2 is 1.92 bits per heavy atom. The second-order valence-corrected chi connectivity index (χ2v) is 5.63. The van der Waals surface area contributed by atoms with Crippen LogP contribution in [-0.2, 0) is 11.3 Å². The van der Waals surface area contributed by atoms with Crippen LogP contribution in [-0.4, -0.2) is 35.4 Å². The fourth-order valence-corrected chi connectivity index (χ4v) is 2.19. The Morgan fingerprint density at radius 3 is 2.56 bits per heavy atom. The van der Waals surface area contributed by atoms with E-state index in [2.05, 4.69) is 15.6 Å². The van der Waals surface area contributed by atoms with Gasteiger partial charge in [0.1, 0.15) is 5.82 Å². The molecule has 1 heterocycles. The van der Waals surface area contributed by atoms with E-state index in [9.17, 15) is 14.0 Å². The van der Waals surface area contributed by atoms with Gasteiger partial charge in [0, 0.05) is 26.0 Å². The molecule has 3 amide bonds. The minimum atomic E-state index is -0.458. The molecule has 2 N–H and O–H groups in total. The summed E-state index contributed by atoms with van der Waals surface area (Å²) in [5.41, 5.74) is 1.68. The number of urea groups is 1. The molecule has 0 spiro atoms. The van der Waals surface area contributed by atoms with E-state index in [4.69, 9.17) is 0 Å². The van der Waals surface area contributed by atoms with Crippen molar-refractivity contribution in [2.45, 2.75) is 19.5 Å². The number of amides is 3. The maximum atomic E-state index is 12.8. The number of nitrogens with one attached hydrogen (secondary N) is 2. The van der Waals surface area contributed by atoms with Crippen molar-refractivity contribution in [1.82, 2.24) is 20.5 Å². The summed E-state index contributed by atoms with van der Waals surface area (Å²) in [5.74, 6) is -0.544. The van der Waals surface area contributed by atoms with Crippen molar-refractivity contribution in [1.29, 1.82) is 0 Å². The van der Waals surface area contributed by atoms with Gasteiger partial charge in [-0.2, -0.15) is 0 Å². The molecule has 0 fully saturated rings. The van der Waals surface area contributed by atoms with Crippen molar-refractivity contribution in [3.8, 4) is 0 Å². The number of hydrogen-bond acceptors (Lipinski definition) is 3. The summed E-state index contributed by atoms with van der Waals surface area (Å²) in [4.78, 5) is 29.6. The number of rotatable bonds is 6. The maximum absolute atomic E-state index is 12.8. The molecule has 1 aromatic carbocycles. The van der Waals surface area contributed by atoms with Crippen molar-refractivity contribution >= 4 is 11.9 Å². The topological polar surface area (TPSA) is 74.3 Å². The lowest BCUT2D eigenvalue weighted by molar-refractivity contribution is -0.130. The molecular weight excluding hydrogens is 323 g/mol. The van der Waals surface area contributed by atoms with Crippen molar-refractivity contribution in [3.05, 3.63) is 65.7 Å². The van der Waals surface area contributed by atoms with E-state index in [1.54, 1.807) is 36.5 Å². The van der Waals surface area contributed by atoms with E-state index in [-0.39, 0.29) is 30.9 Å². The van der Waals surface area contributed by atoms with Gasteiger partial charge in [0.05, 0.1) is 12.6 Å². The van der Waals surface area contributed by atoms with Gasteiger partial charge >= 0.3 is 6.03 Å². The second-order valence-electron chi connectivity index (χ2n) is 5.63. The molecule has 0 bridgehead atoms. The van der Waals surface area contributed by atoms with E-state index in [0.717, 1.165) is 11.1 Å². The Labute approximate surface area is 146 Å². The van der Waals surface area contributed by atoms with Crippen LogP contribution in [0.15, 0.2) is 48.8 Å². The van der Waals surface area contributed by atoms with Crippen LogP contribution in [0, 0.1) is 5.82 Å². The fourth-order valence-electron chi connectivity index (χ4n) is 2.19. The van der Waals surface area contributed by atoms with E-state index >= 15 is 0 Å². The van der Waals surface area contributed by atoms with Crippen LogP contribution in [0.1, 0.15) is 24.1 Å². The molecule has 0 radical (unpaired) electrons. The lowest BCUT2D eigenvalue weighted by Crippen LogP contribution is -2.43. The van der Waals surface area contributed by atoms with Crippen LogP contribution in [0.25, 0.3) is 0 Å².